The zero-order valence-corrected chi connectivity index (χ0v) is 9.45. The molecule has 1 nitrogen and oxygen atoms in total. The fourth-order valence-electron chi connectivity index (χ4n) is 1.43. The number of hydrogen-bond donors (Lipinski definition) is 0. The van der Waals surface area contributed by atoms with E-state index in [1.165, 1.54) is 11.1 Å². The van der Waals surface area contributed by atoms with Crippen LogP contribution in [0.5, 0.6) is 0 Å². The van der Waals surface area contributed by atoms with Crippen molar-refractivity contribution in [2.45, 2.75) is 6.92 Å². The molecule has 0 aliphatic heterocycles. The molecule has 0 unspecified atom stereocenters. The van der Waals surface area contributed by atoms with Crippen molar-refractivity contribution >= 4 is 16.9 Å². The summed E-state index contributed by atoms with van der Waals surface area (Å²) in [4.78, 5) is 0. The molecule has 0 aliphatic rings. The van der Waals surface area contributed by atoms with Crippen LogP contribution in [0.3, 0.4) is 0 Å². The van der Waals surface area contributed by atoms with Crippen LogP contribution in [0.4, 0.5) is 0 Å². The molecule has 15 heavy (non-hydrogen) atoms. The van der Waals surface area contributed by atoms with Gasteiger partial charge in [-0.2, -0.15) is 11.3 Å². The average molecular weight is 215 g/mol. The van der Waals surface area contributed by atoms with Gasteiger partial charge < -0.3 is 4.40 Å². The van der Waals surface area contributed by atoms with Gasteiger partial charge in [0, 0.05) is 17.9 Å². The zero-order valence-electron chi connectivity index (χ0n) is 8.63. The molecule has 0 radical (unpaired) electrons. The molecule has 2 heteroatoms. The zero-order chi connectivity index (χ0) is 10.5. The van der Waals surface area contributed by atoms with E-state index in [1.54, 1.807) is 11.3 Å². The normalized spacial score (nSPS) is 9.67. The number of fused-ring (bicyclic) bond motifs is 1. The van der Waals surface area contributed by atoms with Gasteiger partial charge >= 0.3 is 0 Å². The molecule has 3 aromatic heterocycles. The van der Waals surface area contributed by atoms with Crippen LogP contribution in [0, 0.1) is 6.92 Å². The van der Waals surface area contributed by atoms with Crippen LogP contribution in [0.2, 0.25) is 0 Å². The number of rotatable bonds is 0. The van der Waals surface area contributed by atoms with E-state index < -0.39 is 0 Å². The Hall–Kier alpha value is -1.54. The fraction of sp³-hybridized carbons (Fsp3) is 0.0769. The first-order valence-electron chi connectivity index (χ1n) is 4.87. The lowest BCUT2D eigenvalue weighted by Gasteiger charge is -1.88. The molecule has 0 saturated heterocycles. The van der Waals surface area contributed by atoms with E-state index >= 15 is 0 Å². The van der Waals surface area contributed by atoms with Gasteiger partial charge in [0.25, 0.3) is 0 Å². The van der Waals surface area contributed by atoms with E-state index in [0.29, 0.717) is 0 Å². The van der Waals surface area contributed by atoms with Crippen molar-refractivity contribution in [1.29, 1.82) is 0 Å². The highest BCUT2D eigenvalue weighted by Crippen LogP contribution is 2.07. The summed E-state index contributed by atoms with van der Waals surface area (Å²) < 4.78 is 2.12. The van der Waals surface area contributed by atoms with Crippen LogP contribution in [0.1, 0.15) is 5.56 Å². The van der Waals surface area contributed by atoms with Gasteiger partial charge in [0.05, 0.1) is 0 Å². The van der Waals surface area contributed by atoms with Crippen molar-refractivity contribution in [3.63, 3.8) is 0 Å². The van der Waals surface area contributed by atoms with E-state index in [-0.39, 0.29) is 0 Å². The van der Waals surface area contributed by atoms with Gasteiger partial charge in [0.1, 0.15) is 0 Å². The Kier molecular flexibility index (Phi) is 3.20. The molecule has 0 N–H and O–H groups in total. The number of hydrogen-bond acceptors (Lipinski definition) is 1. The lowest BCUT2D eigenvalue weighted by Crippen LogP contribution is -1.75. The molecule has 0 bridgehead atoms. The number of aromatic nitrogens is 1. The highest BCUT2D eigenvalue weighted by molar-refractivity contribution is 7.07. The summed E-state index contributed by atoms with van der Waals surface area (Å²) >= 11 is 1.71. The Morgan fingerprint density at radius 3 is 2.47 bits per heavy atom. The molecule has 3 rings (SSSR count). The third-order valence-corrected chi connectivity index (χ3v) is 2.70. The SMILES string of the molecule is Cc1cc2ccccn2c1.c1ccsc1. The number of pyridine rings is 1. The van der Waals surface area contributed by atoms with E-state index in [4.69, 9.17) is 0 Å². The van der Waals surface area contributed by atoms with Crippen molar-refractivity contribution in [3.05, 3.63) is 65.1 Å². The number of thiophene rings is 1. The van der Waals surface area contributed by atoms with E-state index in [0.717, 1.165) is 0 Å². The van der Waals surface area contributed by atoms with E-state index in [1.807, 2.05) is 29.0 Å². The van der Waals surface area contributed by atoms with Crippen molar-refractivity contribution in [2.24, 2.45) is 0 Å². The summed E-state index contributed by atoms with van der Waals surface area (Å²) in [6, 6.07) is 12.4. The molecule has 76 valence electrons. The van der Waals surface area contributed by atoms with Crippen LogP contribution >= 0.6 is 11.3 Å². The van der Waals surface area contributed by atoms with E-state index in [2.05, 4.69) is 41.9 Å². The third kappa shape index (κ3) is 2.70. The highest BCUT2D eigenvalue weighted by Gasteiger charge is 1.90. The minimum Gasteiger partial charge on any atom is -0.324 e. The van der Waals surface area contributed by atoms with Gasteiger partial charge in [-0.25, -0.2) is 0 Å². The summed E-state index contributed by atoms with van der Waals surface area (Å²) in [5.74, 6) is 0. The second-order valence-electron chi connectivity index (χ2n) is 3.34. The second-order valence-corrected chi connectivity index (χ2v) is 4.16. The van der Waals surface area contributed by atoms with Gasteiger partial charge in [0.2, 0.25) is 0 Å². The van der Waals surface area contributed by atoms with Crippen LogP contribution in [0.25, 0.3) is 5.52 Å². The first kappa shape index (κ1) is 9.99. The Balaban J connectivity index is 0.000000144. The maximum atomic E-state index is 2.17. The summed E-state index contributed by atoms with van der Waals surface area (Å²) in [6.45, 7) is 2.10. The third-order valence-electron chi connectivity index (χ3n) is 2.07. The second kappa shape index (κ2) is 4.80. The lowest BCUT2D eigenvalue weighted by molar-refractivity contribution is 1.19. The molecule has 0 aromatic carbocycles. The summed E-state index contributed by atoms with van der Waals surface area (Å²) in [5.41, 5.74) is 2.58. The van der Waals surface area contributed by atoms with Crippen molar-refractivity contribution in [3.8, 4) is 0 Å². The lowest BCUT2D eigenvalue weighted by atomic mass is 10.3. The largest absolute Gasteiger partial charge is 0.324 e. The Morgan fingerprint density at radius 1 is 1.07 bits per heavy atom. The maximum Gasteiger partial charge on any atom is 0.0452 e. The number of aryl methyl sites for hydroxylation is 1. The predicted octanol–water partition coefficient (Wildman–Crippen LogP) is 4.00. The van der Waals surface area contributed by atoms with Gasteiger partial charge in [-0.15, -0.1) is 0 Å². The first-order chi connectivity index (χ1) is 7.36. The molecule has 0 amide bonds. The van der Waals surface area contributed by atoms with Gasteiger partial charge in [-0.05, 0) is 41.4 Å². The molecule has 0 aliphatic carbocycles. The summed E-state index contributed by atoms with van der Waals surface area (Å²) in [7, 11) is 0. The molecular weight excluding hydrogens is 202 g/mol. The minimum absolute atomic E-state index is 1.26. The van der Waals surface area contributed by atoms with Gasteiger partial charge in [-0.3, -0.25) is 0 Å². The Bertz CT molecular complexity index is 458. The van der Waals surface area contributed by atoms with E-state index in [9.17, 15) is 0 Å². The topological polar surface area (TPSA) is 4.41 Å². The van der Waals surface area contributed by atoms with Crippen LogP contribution in [-0.2, 0) is 0 Å². The average Bonchev–Trinajstić information content (AvgIpc) is 2.87. The quantitative estimate of drug-likeness (QED) is 0.534. The van der Waals surface area contributed by atoms with Crippen LogP contribution in [-0.4, -0.2) is 4.40 Å². The molecule has 0 atom stereocenters. The number of nitrogens with zero attached hydrogens (tertiary/aromatic N) is 1. The predicted molar refractivity (Wildman–Crippen MR) is 66.5 cm³/mol. The molecule has 0 saturated carbocycles. The summed E-state index contributed by atoms with van der Waals surface area (Å²) in [6.07, 6.45) is 4.18. The fourth-order valence-corrected chi connectivity index (χ4v) is 1.88. The van der Waals surface area contributed by atoms with Crippen molar-refractivity contribution < 1.29 is 0 Å². The Morgan fingerprint density at radius 2 is 1.87 bits per heavy atom. The van der Waals surface area contributed by atoms with Gasteiger partial charge in [0.15, 0.2) is 0 Å². The van der Waals surface area contributed by atoms with Crippen molar-refractivity contribution in [2.75, 3.05) is 0 Å². The van der Waals surface area contributed by atoms with Crippen LogP contribution < -0.4 is 0 Å². The molecule has 3 aromatic rings. The van der Waals surface area contributed by atoms with Crippen LogP contribution in [0.15, 0.2) is 59.6 Å². The van der Waals surface area contributed by atoms with Gasteiger partial charge in [-0.1, -0.05) is 18.2 Å². The molecule has 0 spiro atoms. The van der Waals surface area contributed by atoms with Crippen molar-refractivity contribution in [1.82, 2.24) is 4.40 Å². The molecule has 0 fully saturated rings. The molecular formula is C13H13NS. The maximum absolute atomic E-state index is 2.17. The summed E-state index contributed by atoms with van der Waals surface area (Å²) in [5, 5.41) is 4.08. The first-order valence-corrected chi connectivity index (χ1v) is 5.81. The standard InChI is InChI=1S/C9H9N.C4H4S/c1-8-6-9-4-2-3-5-10(9)7-8;1-2-4-5-3-1/h2-7H,1H3;1-4H. The Labute approximate surface area is 93.6 Å². The smallest absolute Gasteiger partial charge is 0.0452 e. The minimum atomic E-state index is 1.26. The molecule has 3 heterocycles. The monoisotopic (exact) mass is 215 g/mol. The highest BCUT2D eigenvalue weighted by atomic mass is 32.1.